The highest BCUT2D eigenvalue weighted by Gasteiger charge is 2.45. The number of rotatable bonds is 1. The highest BCUT2D eigenvalue weighted by atomic mass is 16.5. The van der Waals surface area contributed by atoms with Crippen molar-refractivity contribution in [2.45, 2.75) is 12.3 Å². The minimum Gasteiger partial charge on any atom is -0.361 e. The van der Waals surface area contributed by atoms with Crippen molar-refractivity contribution >= 4 is 5.91 Å². The van der Waals surface area contributed by atoms with Crippen LogP contribution >= 0.6 is 0 Å². The summed E-state index contributed by atoms with van der Waals surface area (Å²) in [6, 6.07) is -0.292. The van der Waals surface area contributed by atoms with E-state index in [4.69, 9.17) is 4.74 Å². The van der Waals surface area contributed by atoms with E-state index in [9.17, 15) is 4.79 Å². The topological polar surface area (TPSA) is 63.0 Å². The Morgan fingerprint density at radius 2 is 2.55 bits per heavy atom. The van der Waals surface area contributed by atoms with Gasteiger partial charge in [-0.3, -0.25) is 4.79 Å². The van der Waals surface area contributed by atoms with E-state index in [1.54, 1.807) is 7.11 Å². The summed E-state index contributed by atoms with van der Waals surface area (Å²) in [5.74, 6) is 0.0515. The monoisotopic (exact) mass is 155 g/mol. The quantitative estimate of drug-likeness (QED) is 0.557. The van der Waals surface area contributed by atoms with Crippen LogP contribution in [0.1, 0.15) is 0 Å². The lowest BCUT2D eigenvalue weighted by atomic mass is 10.0. The van der Waals surface area contributed by atoms with E-state index in [0.29, 0.717) is 6.54 Å². The Morgan fingerprint density at radius 3 is 3.27 bits per heavy atom. The van der Waals surface area contributed by atoms with E-state index >= 15 is 0 Å². The molecule has 1 amide bonds. The zero-order valence-electron chi connectivity index (χ0n) is 6.15. The molecule has 1 fully saturated rings. The van der Waals surface area contributed by atoms with E-state index in [1.165, 1.54) is 0 Å². The summed E-state index contributed by atoms with van der Waals surface area (Å²) in [7, 11) is 1.58. The second-order valence-corrected chi connectivity index (χ2v) is 2.71. The van der Waals surface area contributed by atoms with Crippen LogP contribution in [-0.4, -0.2) is 31.8 Å². The molecule has 5 nitrogen and oxygen atoms in total. The van der Waals surface area contributed by atoms with Crippen LogP contribution < -0.4 is 5.32 Å². The van der Waals surface area contributed by atoms with E-state index in [2.05, 4.69) is 15.5 Å². The number of carbonyl (C=O) groups excluding carboxylic acids is 1. The highest BCUT2D eigenvalue weighted by Crippen LogP contribution is 2.26. The van der Waals surface area contributed by atoms with Crippen molar-refractivity contribution in [2.24, 2.45) is 16.1 Å². The molecule has 1 N–H and O–H groups in total. The van der Waals surface area contributed by atoms with Crippen LogP contribution in [-0.2, 0) is 9.53 Å². The average Bonchev–Trinajstić information content (AvgIpc) is 2.54. The van der Waals surface area contributed by atoms with Crippen LogP contribution in [0, 0.1) is 5.92 Å². The van der Waals surface area contributed by atoms with Gasteiger partial charge in [0.2, 0.25) is 5.91 Å². The summed E-state index contributed by atoms with van der Waals surface area (Å²) in [6.07, 6.45) is -0.192. The van der Waals surface area contributed by atoms with Gasteiger partial charge in [0.05, 0.1) is 12.5 Å². The number of ether oxygens (including phenoxy) is 1. The van der Waals surface area contributed by atoms with Gasteiger partial charge in [0.15, 0.2) is 6.04 Å². The summed E-state index contributed by atoms with van der Waals surface area (Å²) in [4.78, 5) is 11.1. The lowest BCUT2D eigenvalue weighted by Gasteiger charge is -2.12. The van der Waals surface area contributed by atoms with Gasteiger partial charge in [-0.2, -0.15) is 10.2 Å². The van der Waals surface area contributed by atoms with Crippen LogP contribution in [0.2, 0.25) is 0 Å². The second-order valence-electron chi connectivity index (χ2n) is 2.71. The van der Waals surface area contributed by atoms with Gasteiger partial charge >= 0.3 is 0 Å². The first kappa shape index (κ1) is 6.72. The number of hydrogen-bond donors (Lipinski definition) is 1. The van der Waals surface area contributed by atoms with Crippen molar-refractivity contribution < 1.29 is 9.53 Å². The fourth-order valence-electron chi connectivity index (χ4n) is 1.49. The lowest BCUT2D eigenvalue weighted by molar-refractivity contribution is -0.121. The van der Waals surface area contributed by atoms with Gasteiger partial charge < -0.3 is 10.1 Å². The minimum atomic E-state index is -0.292. The van der Waals surface area contributed by atoms with E-state index in [0.717, 1.165) is 0 Å². The molecule has 0 aliphatic carbocycles. The molecule has 2 aliphatic rings. The van der Waals surface area contributed by atoms with Crippen molar-refractivity contribution in [3.63, 3.8) is 0 Å². The molecule has 0 spiro atoms. The Kier molecular flexibility index (Phi) is 1.38. The van der Waals surface area contributed by atoms with E-state index < -0.39 is 0 Å². The molecule has 0 aromatic carbocycles. The summed E-state index contributed by atoms with van der Waals surface area (Å²) in [5.41, 5.74) is 0. The third-order valence-corrected chi connectivity index (χ3v) is 2.10. The third-order valence-electron chi connectivity index (χ3n) is 2.10. The smallest absolute Gasteiger partial charge is 0.249 e. The molecular formula is C6H9N3O2. The highest BCUT2D eigenvalue weighted by molar-refractivity contribution is 5.85. The normalized spacial score (nSPS) is 40.8. The number of amides is 1. The Balaban J connectivity index is 2.18. The van der Waals surface area contributed by atoms with Gasteiger partial charge in [0.25, 0.3) is 0 Å². The van der Waals surface area contributed by atoms with Gasteiger partial charge in [0, 0.05) is 7.11 Å². The molecule has 0 aromatic rings. The molecule has 0 radical (unpaired) electrons. The number of methoxy groups -OCH3 is 1. The largest absolute Gasteiger partial charge is 0.361 e. The summed E-state index contributed by atoms with van der Waals surface area (Å²) in [6.45, 7) is 0.599. The first-order chi connectivity index (χ1) is 5.33. The van der Waals surface area contributed by atoms with E-state index in [-0.39, 0.29) is 24.1 Å². The van der Waals surface area contributed by atoms with Gasteiger partial charge in [-0.05, 0) is 0 Å². The molecule has 5 heteroatoms. The summed E-state index contributed by atoms with van der Waals surface area (Å²) >= 11 is 0. The van der Waals surface area contributed by atoms with Crippen LogP contribution in [0.15, 0.2) is 10.2 Å². The number of azo groups is 1. The predicted molar refractivity (Wildman–Crippen MR) is 35.9 cm³/mol. The van der Waals surface area contributed by atoms with Crippen molar-refractivity contribution in [2.75, 3.05) is 13.7 Å². The maximum atomic E-state index is 11.1. The molecule has 0 unspecified atom stereocenters. The third kappa shape index (κ3) is 0.841. The van der Waals surface area contributed by atoms with Crippen LogP contribution in [0.4, 0.5) is 0 Å². The molecule has 0 saturated carbocycles. The molecule has 60 valence electrons. The van der Waals surface area contributed by atoms with Crippen molar-refractivity contribution in [3.05, 3.63) is 0 Å². The van der Waals surface area contributed by atoms with Crippen molar-refractivity contribution in [1.29, 1.82) is 0 Å². The fraction of sp³-hybridized carbons (Fsp3) is 0.833. The molecule has 0 bridgehead atoms. The molecule has 2 heterocycles. The maximum absolute atomic E-state index is 11.1. The molecule has 2 rings (SSSR count). The summed E-state index contributed by atoms with van der Waals surface area (Å²) in [5, 5.41) is 10.3. The van der Waals surface area contributed by atoms with Crippen LogP contribution in [0.3, 0.4) is 0 Å². The predicted octanol–water partition coefficient (Wildman–Crippen LogP) is -0.461. The Bertz CT molecular complexity index is 216. The molecule has 11 heavy (non-hydrogen) atoms. The number of hydrogen-bond acceptors (Lipinski definition) is 4. The lowest BCUT2D eigenvalue weighted by Crippen LogP contribution is -2.31. The number of fused-ring (bicyclic) bond motifs is 1. The first-order valence-electron chi connectivity index (χ1n) is 3.52. The van der Waals surface area contributed by atoms with Gasteiger partial charge in [0.1, 0.15) is 6.23 Å². The van der Waals surface area contributed by atoms with Crippen LogP contribution in [0.25, 0.3) is 0 Å². The number of carbonyl (C=O) groups is 1. The Hall–Kier alpha value is -0.970. The first-order valence-corrected chi connectivity index (χ1v) is 3.52. The van der Waals surface area contributed by atoms with Crippen LogP contribution in [0.5, 0.6) is 0 Å². The molecule has 3 atom stereocenters. The molecule has 1 saturated heterocycles. The zero-order chi connectivity index (χ0) is 7.84. The zero-order valence-corrected chi connectivity index (χ0v) is 6.15. The Labute approximate surface area is 63.8 Å². The van der Waals surface area contributed by atoms with Crippen molar-refractivity contribution in [3.8, 4) is 0 Å². The average molecular weight is 155 g/mol. The minimum absolute atomic E-state index is 0.0666. The van der Waals surface area contributed by atoms with Gasteiger partial charge in [-0.15, -0.1) is 0 Å². The summed E-state index contributed by atoms with van der Waals surface area (Å²) < 4.78 is 5.04. The number of nitrogens with one attached hydrogen (secondary N) is 1. The molecule has 0 aromatic heterocycles. The second kappa shape index (κ2) is 2.27. The maximum Gasteiger partial charge on any atom is 0.249 e. The SMILES string of the molecule is CO[C@@H]1NC(=O)[C@H]2N=NC[C@H]21. The standard InChI is InChI=1S/C6H9N3O2/c1-11-6-3-2-7-9-4(3)5(10)8-6/h3-4,6H,2H2,1H3,(H,8,10)/t3-,4+,6+/m1/s1. The van der Waals surface area contributed by atoms with Gasteiger partial charge in [-0.1, -0.05) is 0 Å². The van der Waals surface area contributed by atoms with Crippen molar-refractivity contribution in [1.82, 2.24) is 5.32 Å². The molecular weight excluding hydrogens is 146 g/mol. The van der Waals surface area contributed by atoms with Gasteiger partial charge in [-0.25, -0.2) is 0 Å². The fourth-order valence-corrected chi connectivity index (χ4v) is 1.49. The number of nitrogens with zero attached hydrogens (tertiary/aromatic N) is 2. The Morgan fingerprint density at radius 1 is 1.73 bits per heavy atom. The van der Waals surface area contributed by atoms with E-state index in [1.807, 2.05) is 0 Å². The molecule has 2 aliphatic heterocycles.